The SMILES string of the molecule is CC(C)(CNC(C)(C)C)CN(Cc1ccsc1)C1CC1. The largest absolute Gasteiger partial charge is 0.311 e. The van der Waals surface area contributed by atoms with Gasteiger partial charge in [0.15, 0.2) is 0 Å². The van der Waals surface area contributed by atoms with Crippen LogP contribution in [-0.4, -0.2) is 29.6 Å². The lowest BCUT2D eigenvalue weighted by Gasteiger charge is -2.35. The summed E-state index contributed by atoms with van der Waals surface area (Å²) in [6.07, 6.45) is 2.76. The molecule has 0 bridgehead atoms. The fourth-order valence-corrected chi connectivity index (χ4v) is 3.14. The van der Waals surface area contributed by atoms with Crippen molar-refractivity contribution in [1.29, 1.82) is 0 Å². The summed E-state index contributed by atoms with van der Waals surface area (Å²) in [7, 11) is 0. The van der Waals surface area contributed by atoms with Crippen molar-refractivity contribution in [3.05, 3.63) is 22.4 Å². The van der Waals surface area contributed by atoms with E-state index in [4.69, 9.17) is 0 Å². The van der Waals surface area contributed by atoms with Gasteiger partial charge in [0.05, 0.1) is 0 Å². The molecule has 2 nitrogen and oxygen atoms in total. The highest BCUT2D eigenvalue weighted by Crippen LogP contribution is 2.31. The number of hydrogen-bond donors (Lipinski definition) is 1. The third-order valence-corrected chi connectivity index (χ3v) is 4.49. The van der Waals surface area contributed by atoms with Crippen LogP contribution in [-0.2, 0) is 6.54 Å². The minimum Gasteiger partial charge on any atom is -0.311 e. The Kier molecular flexibility index (Phi) is 4.93. The molecule has 1 aromatic heterocycles. The van der Waals surface area contributed by atoms with Crippen molar-refractivity contribution in [2.45, 2.75) is 65.6 Å². The Labute approximate surface area is 128 Å². The first-order valence-corrected chi connectivity index (χ1v) is 8.70. The maximum absolute atomic E-state index is 3.66. The van der Waals surface area contributed by atoms with Gasteiger partial charge in [-0.2, -0.15) is 11.3 Å². The molecule has 2 rings (SSSR count). The first-order valence-electron chi connectivity index (χ1n) is 7.75. The van der Waals surface area contributed by atoms with E-state index in [1.54, 1.807) is 11.3 Å². The Hall–Kier alpha value is -0.380. The smallest absolute Gasteiger partial charge is 0.0245 e. The number of thiophene rings is 1. The Morgan fingerprint density at radius 2 is 1.95 bits per heavy atom. The average molecular weight is 295 g/mol. The predicted octanol–water partition coefficient (Wildman–Crippen LogP) is 4.13. The van der Waals surface area contributed by atoms with Crippen LogP contribution in [0.4, 0.5) is 0 Å². The van der Waals surface area contributed by atoms with Crippen molar-refractivity contribution < 1.29 is 0 Å². The first kappa shape index (κ1) is 16.0. The molecule has 1 aromatic rings. The van der Waals surface area contributed by atoms with E-state index in [9.17, 15) is 0 Å². The molecule has 1 aliphatic rings. The summed E-state index contributed by atoms with van der Waals surface area (Å²) in [5, 5.41) is 8.14. The van der Waals surface area contributed by atoms with Crippen LogP contribution in [0.3, 0.4) is 0 Å². The van der Waals surface area contributed by atoms with Crippen molar-refractivity contribution in [3.8, 4) is 0 Å². The second kappa shape index (κ2) is 6.17. The summed E-state index contributed by atoms with van der Waals surface area (Å²) in [5.41, 5.74) is 1.99. The van der Waals surface area contributed by atoms with Gasteiger partial charge >= 0.3 is 0 Å². The van der Waals surface area contributed by atoms with Crippen LogP contribution in [0.25, 0.3) is 0 Å². The summed E-state index contributed by atoms with van der Waals surface area (Å²) in [5.74, 6) is 0. The van der Waals surface area contributed by atoms with Gasteiger partial charge in [-0.15, -0.1) is 0 Å². The molecule has 0 aliphatic heterocycles. The van der Waals surface area contributed by atoms with Crippen LogP contribution in [0.1, 0.15) is 53.0 Å². The molecule has 1 N–H and O–H groups in total. The topological polar surface area (TPSA) is 15.3 Å². The van der Waals surface area contributed by atoms with Crippen molar-refractivity contribution in [1.82, 2.24) is 10.2 Å². The van der Waals surface area contributed by atoms with Gasteiger partial charge in [-0.3, -0.25) is 4.90 Å². The average Bonchev–Trinajstić information content (AvgIpc) is 3.05. The molecule has 3 heteroatoms. The zero-order chi connectivity index (χ0) is 14.8. The van der Waals surface area contributed by atoms with Crippen molar-refractivity contribution in [3.63, 3.8) is 0 Å². The molecule has 0 aromatic carbocycles. The molecule has 0 spiro atoms. The van der Waals surface area contributed by atoms with Gasteiger partial charge in [-0.05, 0) is 61.4 Å². The summed E-state index contributed by atoms with van der Waals surface area (Å²) in [6.45, 7) is 14.9. The van der Waals surface area contributed by atoms with Crippen LogP contribution >= 0.6 is 11.3 Å². The molecule has 1 saturated carbocycles. The Morgan fingerprint density at radius 3 is 2.45 bits per heavy atom. The molecule has 20 heavy (non-hydrogen) atoms. The second-order valence-corrected chi connectivity index (χ2v) is 8.82. The van der Waals surface area contributed by atoms with Crippen molar-refractivity contribution in [2.75, 3.05) is 13.1 Å². The lowest BCUT2D eigenvalue weighted by Crippen LogP contribution is -2.46. The molecular weight excluding hydrogens is 264 g/mol. The van der Waals surface area contributed by atoms with Crippen LogP contribution in [0.2, 0.25) is 0 Å². The number of rotatable bonds is 7. The lowest BCUT2D eigenvalue weighted by atomic mass is 9.91. The van der Waals surface area contributed by atoms with Gasteiger partial charge in [0.25, 0.3) is 0 Å². The quantitative estimate of drug-likeness (QED) is 0.813. The highest BCUT2D eigenvalue weighted by atomic mass is 32.1. The van der Waals surface area contributed by atoms with E-state index in [1.165, 1.54) is 24.9 Å². The summed E-state index contributed by atoms with van der Waals surface area (Å²) in [4.78, 5) is 2.69. The van der Waals surface area contributed by atoms with Crippen molar-refractivity contribution in [2.24, 2.45) is 5.41 Å². The predicted molar refractivity (Wildman–Crippen MR) is 89.3 cm³/mol. The molecule has 1 fully saturated rings. The highest BCUT2D eigenvalue weighted by molar-refractivity contribution is 7.07. The van der Waals surface area contributed by atoms with Gasteiger partial charge < -0.3 is 5.32 Å². The highest BCUT2D eigenvalue weighted by Gasteiger charge is 2.33. The fraction of sp³-hybridized carbons (Fsp3) is 0.765. The Morgan fingerprint density at radius 1 is 1.25 bits per heavy atom. The van der Waals surface area contributed by atoms with E-state index in [2.05, 4.69) is 61.7 Å². The van der Waals surface area contributed by atoms with Crippen LogP contribution < -0.4 is 5.32 Å². The molecule has 1 heterocycles. The molecule has 114 valence electrons. The third-order valence-electron chi connectivity index (χ3n) is 3.76. The van der Waals surface area contributed by atoms with Gasteiger partial charge in [0.1, 0.15) is 0 Å². The first-order chi connectivity index (χ1) is 9.25. The Balaban J connectivity index is 1.89. The van der Waals surface area contributed by atoms with E-state index in [0.717, 1.165) is 19.1 Å². The molecule has 0 unspecified atom stereocenters. The molecule has 0 saturated heterocycles. The molecule has 0 atom stereocenters. The zero-order valence-electron chi connectivity index (χ0n) is 13.7. The standard InChI is InChI=1S/C17H30N2S/c1-16(2,3)18-12-17(4,5)13-19(15-6-7-15)10-14-8-9-20-11-14/h8-9,11,15,18H,6-7,10,12-13H2,1-5H3. The van der Waals surface area contributed by atoms with E-state index < -0.39 is 0 Å². The molecular formula is C17H30N2S. The van der Waals surface area contributed by atoms with E-state index in [1.807, 2.05) is 0 Å². The molecule has 0 amide bonds. The van der Waals surface area contributed by atoms with Crippen LogP contribution in [0.5, 0.6) is 0 Å². The van der Waals surface area contributed by atoms with Crippen LogP contribution in [0.15, 0.2) is 16.8 Å². The fourth-order valence-electron chi connectivity index (χ4n) is 2.48. The van der Waals surface area contributed by atoms with E-state index in [0.29, 0.717) is 5.41 Å². The summed E-state index contributed by atoms with van der Waals surface area (Å²) in [6, 6.07) is 3.09. The van der Waals surface area contributed by atoms with Gasteiger partial charge in [-0.1, -0.05) is 13.8 Å². The van der Waals surface area contributed by atoms with Gasteiger partial charge in [0.2, 0.25) is 0 Å². The van der Waals surface area contributed by atoms with Crippen molar-refractivity contribution >= 4 is 11.3 Å². The van der Waals surface area contributed by atoms with Gasteiger partial charge in [-0.25, -0.2) is 0 Å². The van der Waals surface area contributed by atoms with E-state index >= 15 is 0 Å². The number of nitrogens with zero attached hydrogens (tertiary/aromatic N) is 1. The summed E-state index contributed by atoms with van der Waals surface area (Å²) < 4.78 is 0. The maximum Gasteiger partial charge on any atom is 0.0245 e. The number of nitrogens with one attached hydrogen (secondary N) is 1. The normalized spacial score (nSPS) is 16.9. The Bertz CT molecular complexity index is 399. The lowest BCUT2D eigenvalue weighted by molar-refractivity contribution is 0.152. The van der Waals surface area contributed by atoms with Crippen LogP contribution in [0, 0.1) is 5.41 Å². The minimum atomic E-state index is 0.203. The third kappa shape index (κ3) is 5.55. The monoisotopic (exact) mass is 294 g/mol. The van der Waals surface area contributed by atoms with Gasteiger partial charge in [0, 0.05) is 31.2 Å². The van der Waals surface area contributed by atoms with E-state index in [-0.39, 0.29) is 5.54 Å². The maximum atomic E-state index is 3.66. The summed E-state index contributed by atoms with van der Waals surface area (Å²) >= 11 is 1.81. The second-order valence-electron chi connectivity index (χ2n) is 8.04. The molecule has 0 radical (unpaired) electrons. The number of hydrogen-bond acceptors (Lipinski definition) is 3. The molecule has 1 aliphatic carbocycles. The zero-order valence-corrected chi connectivity index (χ0v) is 14.5. The minimum absolute atomic E-state index is 0.203.